The predicted molar refractivity (Wildman–Crippen MR) is 78.7 cm³/mol. The lowest BCUT2D eigenvalue weighted by Crippen LogP contribution is -2.08. The molecule has 0 aliphatic heterocycles. The Kier molecular flexibility index (Phi) is 12.5. The molecule has 0 aromatic carbocycles. The van der Waals surface area contributed by atoms with Gasteiger partial charge in [0.15, 0.2) is 0 Å². The van der Waals surface area contributed by atoms with Crippen LogP contribution in [0.4, 0.5) is 0 Å². The van der Waals surface area contributed by atoms with Gasteiger partial charge in [-0.1, -0.05) is 27.7 Å². The number of aromatic amines is 1. The number of aliphatic carboxylic acids is 2. The summed E-state index contributed by atoms with van der Waals surface area (Å²) in [6, 6.07) is 0. The first-order valence-electron chi connectivity index (χ1n) is 6.86. The van der Waals surface area contributed by atoms with E-state index in [0.29, 0.717) is 23.2 Å². The summed E-state index contributed by atoms with van der Waals surface area (Å²) < 4.78 is 0. The van der Waals surface area contributed by atoms with Crippen LogP contribution in [-0.4, -0.2) is 27.1 Å². The number of nitrogens with two attached hydrogens (primary N) is 1. The molecule has 0 saturated carbocycles. The minimum absolute atomic E-state index is 0.0194. The van der Waals surface area contributed by atoms with E-state index in [-0.39, 0.29) is 19.4 Å². The van der Waals surface area contributed by atoms with Gasteiger partial charge in [-0.2, -0.15) is 0 Å². The highest BCUT2D eigenvalue weighted by atomic mass is 16.4. The second kappa shape index (κ2) is 12.2. The number of rotatable bonds is 6. The highest BCUT2D eigenvalue weighted by Gasteiger charge is 2.14. The average Bonchev–Trinajstić information content (AvgIpc) is 2.82. The molecular weight excluding hydrogens is 260 g/mol. The average molecular weight is 286 g/mol. The van der Waals surface area contributed by atoms with Crippen molar-refractivity contribution in [1.82, 2.24) is 4.98 Å². The Balaban J connectivity index is 0. The Bertz CT molecular complexity index is 400. The van der Waals surface area contributed by atoms with Crippen molar-refractivity contribution in [2.24, 2.45) is 5.73 Å². The second-order valence-corrected chi connectivity index (χ2v) is 3.44. The largest absolute Gasteiger partial charge is 0.481 e. The molecule has 1 rings (SSSR count). The molecule has 1 heterocycles. The minimum Gasteiger partial charge on any atom is -0.481 e. The van der Waals surface area contributed by atoms with Gasteiger partial charge >= 0.3 is 11.9 Å². The van der Waals surface area contributed by atoms with Gasteiger partial charge in [-0.15, -0.1) is 0 Å². The summed E-state index contributed by atoms with van der Waals surface area (Å²) >= 11 is 0. The van der Waals surface area contributed by atoms with Gasteiger partial charge in [-0.3, -0.25) is 9.59 Å². The van der Waals surface area contributed by atoms with Gasteiger partial charge in [0.1, 0.15) is 0 Å². The SMILES string of the molecule is CC.CC.NCc1[nH]cc(CCC(=O)O)c1CC(=O)O. The van der Waals surface area contributed by atoms with E-state index in [4.69, 9.17) is 15.9 Å². The lowest BCUT2D eigenvalue weighted by atomic mass is 10.0. The third kappa shape index (κ3) is 7.58. The van der Waals surface area contributed by atoms with Crippen LogP contribution >= 0.6 is 0 Å². The number of hydrogen-bond acceptors (Lipinski definition) is 3. The van der Waals surface area contributed by atoms with Crippen molar-refractivity contribution in [3.8, 4) is 0 Å². The maximum Gasteiger partial charge on any atom is 0.307 e. The zero-order valence-corrected chi connectivity index (χ0v) is 12.7. The van der Waals surface area contributed by atoms with Gasteiger partial charge in [-0.25, -0.2) is 0 Å². The molecule has 6 heteroatoms. The maximum absolute atomic E-state index is 10.7. The van der Waals surface area contributed by atoms with Crippen molar-refractivity contribution in [1.29, 1.82) is 0 Å². The Labute approximate surface area is 120 Å². The molecule has 1 aromatic heterocycles. The van der Waals surface area contributed by atoms with E-state index in [1.165, 1.54) is 0 Å². The van der Waals surface area contributed by atoms with Crippen molar-refractivity contribution in [3.05, 3.63) is 23.0 Å². The topological polar surface area (TPSA) is 116 Å². The zero-order valence-electron chi connectivity index (χ0n) is 12.7. The summed E-state index contributed by atoms with van der Waals surface area (Å²) in [4.78, 5) is 24.0. The zero-order chi connectivity index (χ0) is 16.1. The normalized spacial score (nSPS) is 8.85. The van der Waals surface area contributed by atoms with Crippen LogP contribution in [0.1, 0.15) is 50.9 Å². The van der Waals surface area contributed by atoms with Gasteiger partial charge in [0, 0.05) is 24.9 Å². The number of aryl methyl sites for hydroxylation is 1. The molecule has 0 saturated heterocycles. The smallest absolute Gasteiger partial charge is 0.307 e. The van der Waals surface area contributed by atoms with Gasteiger partial charge in [0.25, 0.3) is 0 Å². The Morgan fingerprint density at radius 3 is 2.10 bits per heavy atom. The molecule has 20 heavy (non-hydrogen) atoms. The van der Waals surface area contributed by atoms with Crippen LogP contribution in [-0.2, 0) is 29.0 Å². The van der Waals surface area contributed by atoms with Crippen molar-refractivity contribution in [2.45, 2.75) is 53.5 Å². The Hall–Kier alpha value is -1.82. The molecule has 116 valence electrons. The molecule has 0 unspecified atom stereocenters. The van der Waals surface area contributed by atoms with Crippen LogP contribution in [0.15, 0.2) is 6.20 Å². The molecule has 0 fully saturated rings. The van der Waals surface area contributed by atoms with E-state index in [1.54, 1.807) is 6.20 Å². The lowest BCUT2D eigenvalue weighted by Gasteiger charge is -2.02. The summed E-state index contributed by atoms with van der Waals surface area (Å²) in [6.07, 6.45) is 1.79. The molecule has 0 spiro atoms. The Morgan fingerprint density at radius 2 is 1.70 bits per heavy atom. The Morgan fingerprint density at radius 1 is 1.15 bits per heavy atom. The molecule has 0 aliphatic carbocycles. The van der Waals surface area contributed by atoms with Crippen LogP contribution < -0.4 is 5.73 Å². The van der Waals surface area contributed by atoms with E-state index in [0.717, 1.165) is 0 Å². The molecule has 0 bridgehead atoms. The van der Waals surface area contributed by atoms with Crippen LogP contribution in [0.5, 0.6) is 0 Å². The molecule has 0 amide bonds. The predicted octanol–water partition coefficient (Wildman–Crippen LogP) is 2.17. The lowest BCUT2D eigenvalue weighted by molar-refractivity contribution is -0.137. The number of carbonyl (C=O) groups is 2. The first-order chi connectivity index (χ1) is 9.54. The summed E-state index contributed by atoms with van der Waals surface area (Å²) in [5.41, 5.74) is 7.43. The quantitative estimate of drug-likeness (QED) is 0.639. The third-order valence-electron chi connectivity index (χ3n) is 2.31. The number of aromatic nitrogens is 1. The summed E-state index contributed by atoms with van der Waals surface area (Å²) in [7, 11) is 0. The molecule has 5 N–H and O–H groups in total. The molecular formula is C14H26N2O4. The molecule has 0 radical (unpaired) electrons. The fourth-order valence-electron chi connectivity index (χ4n) is 1.56. The van der Waals surface area contributed by atoms with E-state index in [1.807, 2.05) is 27.7 Å². The van der Waals surface area contributed by atoms with Crippen molar-refractivity contribution >= 4 is 11.9 Å². The fraction of sp³-hybridized carbons (Fsp3) is 0.571. The van der Waals surface area contributed by atoms with Crippen LogP contribution in [0.25, 0.3) is 0 Å². The standard InChI is InChI=1S/C10H14N2O4.2C2H6/c11-4-8-7(3-10(15)16)6(5-12-8)1-2-9(13)14;2*1-2/h5,12H,1-4,11H2,(H,13,14)(H,15,16);2*1-2H3. The first-order valence-corrected chi connectivity index (χ1v) is 6.86. The van der Waals surface area contributed by atoms with E-state index in [2.05, 4.69) is 4.98 Å². The molecule has 0 atom stereocenters. The van der Waals surface area contributed by atoms with Crippen LogP contribution in [0, 0.1) is 0 Å². The van der Waals surface area contributed by atoms with Crippen molar-refractivity contribution in [2.75, 3.05) is 0 Å². The summed E-state index contributed by atoms with van der Waals surface area (Å²) in [6.45, 7) is 8.22. The highest BCUT2D eigenvalue weighted by Crippen LogP contribution is 2.16. The fourth-order valence-corrected chi connectivity index (χ4v) is 1.56. The van der Waals surface area contributed by atoms with Gasteiger partial charge in [0.2, 0.25) is 0 Å². The maximum atomic E-state index is 10.7. The molecule has 6 nitrogen and oxygen atoms in total. The van der Waals surface area contributed by atoms with E-state index >= 15 is 0 Å². The summed E-state index contributed by atoms with van der Waals surface area (Å²) in [5, 5.41) is 17.3. The molecule has 1 aromatic rings. The number of nitrogens with one attached hydrogen (secondary N) is 1. The number of hydrogen-bond donors (Lipinski definition) is 4. The third-order valence-corrected chi connectivity index (χ3v) is 2.31. The number of carboxylic acid groups (broad SMARTS) is 2. The van der Waals surface area contributed by atoms with Crippen LogP contribution in [0.3, 0.4) is 0 Å². The number of H-pyrrole nitrogens is 1. The minimum atomic E-state index is -0.953. The van der Waals surface area contributed by atoms with Crippen molar-refractivity contribution in [3.63, 3.8) is 0 Å². The van der Waals surface area contributed by atoms with Gasteiger partial charge < -0.3 is 20.9 Å². The van der Waals surface area contributed by atoms with E-state index < -0.39 is 11.9 Å². The first kappa shape index (κ1) is 20.5. The van der Waals surface area contributed by atoms with Gasteiger partial charge in [-0.05, 0) is 17.5 Å². The highest BCUT2D eigenvalue weighted by molar-refractivity contribution is 5.71. The summed E-state index contributed by atoms with van der Waals surface area (Å²) in [5.74, 6) is -1.86. The second-order valence-electron chi connectivity index (χ2n) is 3.44. The number of carboxylic acids is 2. The van der Waals surface area contributed by atoms with Gasteiger partial charge in [0.05, 0.1) is 6.42 Å². The molecule has 0 aliphatic rings. The monoisotopic (exact) mass is 286 g/mol. The van der Waals surface area contributed by atoms with Crippen LogP contribution in [0.2, 0.25) is 0 Å². The van der Waals surface area contributed by atoms with E-state index in [9.17, 15) is 9.59 Å². The van der Waals surface area contributed by atoms with Crippen molar-refractivity contribution < 1.29 is 19.8 Å².